The van der Waals surface area contributed by atoms with Gasteiger partial charge < -0.3 is 5.73 Å². The Bertz CT molecular complexity index is 526. The molecule has 0 aromatic heterocycles. The molecule has 0 aliphatic heterocycles. The second-order valence-corrected chi connectivity index (χ2v) is 6.70. The molecule has 1 atom stereocenters. The number of anilines is 1. The Morgan fingerprint density at radius 3 is 2.24 bits per heavy atom. The van der Waals surface area contributed by atoms with Gasteiger partial charge in [-0.05, 0) is 25.1 Å². The van der Waals surface area contributed by atoms with Crippen LogP contribution in [0.1, 0.15) is 6.92 Å². The molecule has 1 aromatic carbocycles. The molecule has 0 bridgehead atoms. The minimum Gasteiger partial charge on any atom is -0.392 e. The SMILES string of the molecule is CC(C(N)=S)S(=O)(=O)Nc1cc(Cl)cc(Cl)c1. The number of nitrogens with one attached hydrogen (secondary N) is 1. The summed E-state index contributed by atoms with van der Waals surface area (Å²) < 4.78 is 25.9. The molecule has 0 aliphatic carbocycles. The molecular formula is C9H10Cl2N2O2S2. The fraction of sp³-hybridized carbons (Fsp3) is 0.222. The van der Waals surface area contributed by atoms with Crippen molar-refractivity contribution in [1.82, 2.24) is 0 Å². The van der Waals surface area contributed by atoms with Crippen LogP contribution in [0, 0.1) is 0 Å². The van der Waals surface area contributed by atoms with Crippen LogP contribution < -0.4 is 10.5 Å². The number of thiocarbonyl (C=S) groups is 1. The molecule has 1 unspecified atom stereocenters. The third-order valence-corrected chi connectivity index (χ3v) is 4.63. The number of hydrogen-bond donors (Lipinski definition) is 2. The van der Waals surface area contributed by atoms with Gasteiger partial charge >= 0.3 is 0 Å². The van der Waals surface area contributed by atoms with Crippen molar-refractivity contribution in [2.45, 2.75) is 12.2 Å². The molecule has 0 amide bonds. The normalized spacial score (nSPS) is 13.1. The van der Waals surface area contributed by atoms with Gasteiger partial charge in [0.25, 0.3) is 0 Å². The average molecular weight is 313 g/mol. The number of benzene rings is 1. The van der Waals surface area contributed by atoms with Crippen molar-refractivity contribution in [3.05, 3.63) is 28.2 Å². The summed E-state index contributed by atoms with van der Waals surface area (Å²) >= 11 is 16.1. The van der Waals surface area contributed by atoms with Crippen LogP contribution in [-0.4, -0.2) is 18.7 Å². The first-order valence-corrected chi connectivity index (χ1v) is 7.20. The van der Waals surface area contributed by atoms with Crippen LogP contribution in [0.15, 0.2) is 18.2 Å². The predicted octanol–water partition coefficient (Wildman–Crippen LogP) is 2.41. The molecule has 94 valence electrons. The first kappa shape index (κ1) is 14.5. The summed E-state index contributed by atoms with van der Waals surface area (Å²) in [5, 5.41) is -0.313. The van der Waals surface area contributed by atoms with E-state index in [2.05, 4.69) is 16.9 Å². The van der Waals surface area contributed by atoms with Gasteiger partial charge in [-0.2, -0.15) is 0 Å². The van der Waals surface area contributed by atoms with Crippen molar-refractivity contribution in [3.63, 3.8) is 0 Å². The maximum absolute atomic E-state index is 11.8. The van der Waals surface area contributed by atoms with Crippen molar-refractivity contribution in [1.29, 1.82) is 0 Å². The lowest BCUT2D eigenvalue weighted by Crippen LogP contribution is -2.35. The number of hydrogen-bond acceptors (Lipinski definition) is 3. The van der Waals surface area contributed by atoms with Crippen LogP contribution in [0.3, 0.4) is 0 Å². The Balaban J connectivity index is 3.02. The summed E-state index contributed by atoms with van der Waals surface area (Å²) in [7, 11) is -3.68. The molecule has 0 aliphatic rings. The van der Waals surface area contributed by atoms with Gasteiger partial charge in [-0.3, -0.25) is 4.72 Å². The summed E-state index contributed by atoms with van der Waals surface area (Å²) in [6.45, 7) is 1.40. The summed E-state index contributed by atoms with van der Waals surface area (Å²) in [6, 6.07) is 4.38. The molecule has 1 aromatic rings. The maximum atomic E-state index is 11.8. The van der Waals surface area contributed by atoms with E-state index in [4.69, 9.17) is 28.9 Å². The zero-order valence-corrected chi connectivity index (χ0v) is 11.9. The summed E-state index contributed by atoms with van der Waals surface area (Å²) in [6.07, 6.45) is 0. The fourth-order valence-electron chi connectivity index (χ4n) is 1.02. The van der Waals surface area contributed by atoms with E-state index in [0.717, 1.165) is 0 Å². The summed E-state index contributed by atoms with van der Waals surface area (Å²) in [4.78, 5) is -0.106. The van der Waals surface area contributed by atoms with E-state index in [9.17, 15) is 8.42 Å². The van der Waals surface area contributed by atoms with E-state index in [1.54, 1.807) is 0 Å². The van der Waals surface area contributed by atoms with Gasteiger partial charge in [-0.1, -0.05) is 35.4 Å². The quantitative estimate of drug-likeness (QED) is 0.837. The molecule has 0 saturated carbocycles. The molecule has 0 radical (unpaired) electrons. The van der Waals surface area contributed by atoms with E-state index >= 15 is 0 Å². The first-order chi connectivity index (χ1) is 7.72. The van der Waals surface area contributed by atoms with Gasteiger partial charge in [0, 0.05) is 10.0 Å². The summed E-state index contributed by atoms with van der Waals surface area (Å²) in [5.74, 6) is 0. The fourth-order valence-corrected chi connectivity index (χ4v) is 2.85. The third-order valence-electron chi connectivity index (χ3n) is 1.99. The molecule has 0 saturated heterocycles. The van der Waals surface area contributed by atoms with Crippen LogP contribution in [0.4, 0.5) is 5.69 Å². The number of nitrogens with two attached hydrogens (primary N) is 1. The molecule has 0 heterocycles. The van der Waals surface area contributed by atoms with Gasteiger partial charge in [0.2, 0.25) is 10.0 Å². The minimum absolute atomic E-state index is 0.106. The van der Waals surface area contributed by atoms with Crippen LogP contribution in [0.2, 0.25) is 10.0 Å². The monoisotopic (exact) mass is 312 g/mol. The molecule has 0 fully saturated rings. The van der Waals surface area contributed by atoms with Gasteiger partial charge in [-0.25, -0.2) is 8.42 Å². The largest absolute Gasteiger partial charge is 0.392 e. The van der Waals surface area contributed by atoms with Crippen molar-refractivity contribution in [3.8, 4) is 0 Å². The van der Waals surface area contributed by atoms with E-state index in [1.165, 1.54) is 25.1 Å². The van der Waals surface area contributed by atoms with Crippen molar-refractivity contribution < 1.29 is 8.42 Å². The highest BCUT2D eigenvalue weighted by molar-refractivity contribution is 7.95. The minimum atomic E-state index is -3.68. The number of halogens is 2. The second-order valence-electron chi connectivity index (χ2n) is 3.35. The Kier molecular flexibility index (Phi) is 4.60. The molecule has 8 heteroatoms. The smallest absolute Gasteiger partial charge is 0.241 e. The lowest BCUT2D eigenvalue weighted by molar-refractivity contribution is 0.598. The highest BCUT2D eigenvalue weighted by atomic mass is 35.5. The Morgan fingerprint density at radius 2 is 1.82 bits per heavy atom. The van der Waals surface area contributed by atoms with Gasteiger partial charge in [0.1, 0.15) is 5.25 Å². The number of rotatable bonds is 4. The second kappa shape index (κ2) is 5.39. The van der Waals surface area contributed by atoms with E-state index in [0.29, 0.717) is 10.0 Å². The van der Waals surface area contributed by atoms with E-state index < -0.39 is 15.3 Å². The van der Waals surface area contributed by atoms with Crippen LogP contribution in [0.5, 0.6) is 0 Å². The van der Waals surface area contributed by atoms with Crippen LogP contribution in [0.25, 0.3) is 0 Å². The number of sulfonamides is 1. The van der Waals surface area contributed by atoms with Gasteiger partial charge in [0.05, 0.1) is 10.7 Å². The summed E-state index contributed by atoms with van der Waals surface area (Å²) in [5.41, 5.74) is 5.56. The van der Waals surface area contributed by atoms with Crippen LogP contribution >= 0.6 is 35.4 Å². The molecule has 1 rings (SSSR count). The lowest BCUT2D eigenvalue weighted by Gasteiger charge is -2.13. The highest BCUT2D eigenvalue weighted by Crippen LogP contribution is 2.23. The molecule has 17 heavy (non-hydrogen) atoms. The Labute approximate surface area is 115 Å². The van der Waals surface area contributed by atoms with E-state index in [1.807, 2.05) is 0 Å². The Morgan fingerprint density at radius 1 is 1.35 bits per heavy atom. The molecular weight excluding hydrogens is 303 g/mol. The third kappa shape index (κ3) is 3.99. The topological polar surface area (TPSA) is 72.2 Å². The van der Waals surface area contributed by atoms with Crippen molar-refractivity contribution >= 4 is 56.1 Å². The van der Waals surface area contributed by atoms with Gasteiger partial charge in [-0.15, -0.1) is 0 Å². The predicted molar refractivity (Wildman–Crippen MR) is 75.3 cm³/mol. The zero-order valence-electron chi connectivity index (χ0n) is 8.78. The molecule has 3 N–H and O–H groups in total. The van der Waals surface area contributed by atoms with Crippen molar-refractivity contribution in [2.24, 2.45) is 5.73 Å². The standard InChI is InChI=1S/C9H10Cl2N2O2S2/c1-5(9(12)16)17(14,15)13-8-3-6(10)2-7(11)4-8/h2-5,13H,1H3,(H2,12,16). The lowest BCUT2D eigenvalue weighted by atomic mass is 10.3. The van der Waals surface area contributed by atoms with Gasteiger partial charge in [0.15, 0.2) is 0 Å². The molecule has 4 nitrogen and oxygen atoms in total. The maximum Gasteiger partial charge on any atom is 0.241 e. The van der Waals surface area contributed by atoms with Crippen LogP contribution in [-0.2, 0) is 10.0 Å². The highest BCUT2D eigenvalue weighted by Gasteiger charge is 2.23. The zero-order chi connectivity index (χ0) is 13.2. The van der Waals surface area contributed by atoms with E-state index in [-0.39, 0.29) is 10.7 Å². The molecule has 0 spiro atoms. The average Bonchev–Trinajstić information content (AvgIpc) is 2.13. The van der Waals surface area contributed by atoms with Crippen molar-refractivity contribution in [2.75, 3.05) is 4.72 Å². The Hall–Kier alpha value is -0.560. The first-order valence-electron chi connectivity index (χ1n) is 4.49.